The molecule has 0 N–H and O–H groups in total. The number of carbonyl (C=O) groups excluding carboxylic acids is 1. The van der Waals surface area contributed by atoms with Crippen LogP contribution in [0, 0.1) is 0 Å². The van der Waals surface area contributed by atoms with Gasteiger partial charge in [-0.05, 0) is 36.1 Å². The second-order valence-electron chi connectivity index (χ2n) is 8.48. The number of amides is 1. The van der Waals surface area contributed by atoms with Gasteiger partial charge in [0.2, 0.25) is 0 Å². The molecule has 0 spiro atoms. The molecule has 1 fully saturated rings. The van der Waals surface area contributed by atoms with Crippen molar-refractivity contribution in [2.75, 3.05) is 13.1 Å². The highest BCUT2D eigenvalue weighted by molar-refractivity contribution is 5.71. The first kappa shape index (κ1) is 21.0. The number of nitrogens with zero attached hydrogens (tertiary/aromatic N) is 3. The summed E-state index contributed by atoms with van der Waals surface area (Å²) in [5.74, 6) is 1.62. The van der Waals surface area contributed by atoms with Gasteiger partial charge < -0.3 is 14.2 Å². The Balaban J connectivity index is 1.41. The quantitative estimate of drug-likeness (QED) is 0.413. The number of hydrogen-bond acceptors (Lipinski definition) is 3. The summed E-state index contributed by atoms with van der Waals surface area (Å²) in [4.78, 5) is 19.4. The first-order chi connectivity index (χ1) is 16.2. The first-order valence-electron chi connectivity index (χ1n) is 11.4. The number of likely N-dealkylation sites (tertiary alicyclic amines) is 1. The third-order valence-electron chi connectivity index (χ3n) is 6.49. The highest BCUT2D eigenvalue weighted by atomic mass is 16.6. The van der Waals surface area contributed by atoms with Gasteiger partial charge in [-0.25, -0.2) is 9.78 Å². The highest BCUT2D eigenvalue weighted by Gasteiger charge is 2.42. The van der Waals surface area contributed by atoms with E-state index in [0.717, 1.165) is 25.2 Å². The Kier molecular flexibility index (Phi) is 5.94. The average molecular weight is 438 g/mol. The smallest absolute Gasteiger partial charge is 0.410 e. The summed E-state index contributed by atoms with van der Waals surface area (Å²) in [5.41, 5.74) is 2.22. The average Bonchev–Trinajstić information content (AvgIpc) is 3.34. The summed E-state index contributed by atoms with van der Waals surface area (Å²) < 4.78 is 7.84. The van der Waals surface area contributed by atoms with E-state index in [2.05, 4.69) is 59.3 Å². The van der Waals surface area contributed by atoms with Gasteiger partial charge in [0.25, 0.3) is 0 Å². The zero-order valence-corrected chi connectivity index (χ0v) is 18.5. The summed E-state index contributed by atoms with van der Waals surface area (Å²) in [5, 5.41) is 0. The third-order valence-corrected chi connectivity index (χ3v) is 6.49. The molecule has 0 bridgehead atoms. The monoisotopic (exact) mass is 437 g/mol. The molecular formula is C28H27N3O2. The van der Waals surface area contributed by atoms with Crippen LogP contribution in [-0.4, -0.2) is 33.6 Å². The predicted octanol–water partition coefficient (Wildman–Crippen LogP) is 5.51. The van der Waals surface area contributed by atoms with Gasteiger partial charge in [-0.15, -0.1) is 0 Å². The van der Waals surface area contributed by atoms with Gasteiger partial charge in [-0.2, -0.15) is 0 Å². The zero-order valence-electron chi connectivity index (χ0n) is 18.5. The minimum Gasteiger partial charge on any atom is -0.410 e. The van der Waals surface area contributed by atoms with Crippen LogP contribution in [-0.2, 0) is 12.0 Å². The summed E-state index contributed by atoms with van der Waals surface area (Å²) in [6, 6.07) is 30.3. The maximum Gasteiger partial charge on any atom is 0.415 e. The molecule has 1 aliphatic heterocycles. The van der Waals surface area contributed by atoms with E-state index < -0.39 is 0 Å². The number of carbonyl (C=O) groups is 1. The largest absolute Gasteiger partial charge is 0.415 e. The van der Waals surface area contributed by atoms with Crippen LogP contribution in [0.3, 0.4) is 0 Å². The summed E-state index contributed by atoms with van der Waals surface area (Å²) in [6.45, 7) is 1.99. The number of hydrogen-bond donors (Lipinski definition) is 0. The number of para-hydroxylation sites is 1. The van der Waals surface area contributed by atoms with E-state index >= 15 is 0 Å². The van der Waals surface area contributed by atoms with E-state index in [-0.39, 0.29) is 11.5 Å². The topological polar surface area (TPSA) is 47.4 Å². The van der Waals surface area contributed by atoms with Crippen molar-refractivity contribution >= 4 is 6.09 Å². The van der Waals surface area contributed by atoms with Crippen LogP contribution >= 0.6 is 0 Å². The minimum absolute atomic E-state index is 0.261. The molecule has 1 saturated heterocycles. The molecule has 4 aromatic rings. The molecule has 5 heteroatoms. The SMILES string of the molecule is O=C(Oc1ccccc1)N1CCC(c2ccccc2)(c2nccn2Cc2ccccc2)CC1. The standard InChI is InChI=1S/C28H27N3O2/c32-27(33-25-14-8-3-9-15-25)30-19-16-28(17-20-30,24-12-6-2-7-13-24)26-29-18-21-31(26)22-23-10-4-1-5-11-23/h1-15,18,21H,16-17,19-20,22H2. The molecule has 5 rings (SSSR count). The lowest BCUT2D eigenvalue weighted by atomic mass is 9.72. The number of rotatable bonds is 5. The van der Waals surface area contributed by atoms with E-state index in [9.17, 15) is 4.79 Å². The van der Waals surface area contributed by atoms with Gasteiger partial charge >= 0.3 is 6.09 Å². The number of aromatic nitrogens is 2. The maximum absolute atomic E-state index is 12.8. The fraction of sp³-hybridized carbons (Fsp3) is 0.214. The first-order valence-corrected chi connectivity index (χ1v) is 11.4. The second-order valence-corrected chi connectivity index (χ2v) is 8.48. The van der Waals surface area contributed by atoms with E-state index in [1.165, 1.54) is 11.1 Å². The normalized spacial score (nSPS) is 15.2. The van der Waals surface area contributed by atoms with Crippen molar-refractivity contribution in [1.29, 1.82) is 0 Å². The van der Waals surface area contributed by atoms with Crippen LogP contribution in [0.1, 0.15) is 29.8 Å². The van der Waals surface area contributed by atoms with Crippen molar-refractivity contribution in [3.63, 3.8) is 0 Å². The van der Waals surface area contributed by atoms with Gasteiger partial charge in [0.05, 0.1) is 5.41 Å². The molecule has 166 valence electrons. The molecule has 5 nitrogen and oxygen atoms in total. The molecule has 1 aromatic heterocycles. The van der Waals surface area contributed by atoms with Gasteiger partial charge in [-0.3, -0.25) is 0 Å². The Labute approximate surface area is 194 Å². The molecule has 1 aliphatic rings. The molecule has 33 heavy (non-hydrogen) atoms. The molecule has 0 radical (unpaired) electrons. The fourth-order valence-corrected chi connectivity index (χ4v) is 4.76. The maximum atomic E-state index is 12.8. The molecule has 0 aliphatic carbocycles. The van der Waals surface area contributed by atoms with Crippen LogP contribution < -0.4 is 4.74 Å². The van der Waals surface area contributed by atoms with E-state index in [4.69, 9.17) is 9.72 Å². The van der Waals surface area contributed by atoms with Crippen molar-refractivity contribution in [3.8, 4) is 5.75 Å². The van der Waals surface area contributed by atoms with Gasteiger partial charge in [0, 0.05) is 32.0 Å². The Morgan fingerprint density at radius 1 is 0.848 bits per heavy atom. The molecule has 0 saturated carbocycles. The third kappa shape index (κ3) is 4.40. The Morgan fingerprint density at radius 2 is 1.45 bits per heavy atom. The second kappa shape index (κ2) is 9.33. The molecule has 3 aromatic carbocycles. The van der Waals surface area contributed by atoms with Crippen molar-refractivity contribution in [3.05, 3.63) is 120 Å². The molecule has 1 amide bonds. The van der Waals surface area contributed by atoms with Gasteiger partial charge in [0.15, 0.2) is 0 Å². The number of piperidine rings is 1. The summed E-state index contributed by atoms with van der Waals surface area (Å²) >= 11 is 0. The van der Waals surface area contributed by atoms with Crippen LogP contribution in [0.5, 0.6) is 5.75 Å². The Morgan fingerprint density at radius 3 is 2.12 bits per heavy atom. The fourth-order valence-electron chi connectivity index (χ4n) is 4.76. The molecule has 0 atom stereocenters. The summed E-state index contributed by atoms with van der Waals surface area (Å²) in [7, 11) is 0. The number of imidazole rings is 1. The van der Waals surface area contributed by atoms with Gasteiger partial charge in [-0.1, -0.05) is 78.9 Å². The lowest BCUT2D eigenvalue weighted by Gasteiger charge is -2.41. The number of ether oxygens (including phenoxy) is 1. The van der Waals surface area contributed by atoms with Crippen LogP contribution in [0.15, 0.2) is 103 Å². The van der Waals surface area contributed by atoms with Crippen LogP contribution in [0.25, 0.3) is 0 Å². The molecule has 2 heterocycles. The Bertz CT molecular complexity index is 1180. The van der Waals surface area contributed by atoms with E-state index in [0.29, 0.717) is 18.8 Å². The molecular weight excluding hydrogens is 410 g/mol. The highest BCUT2D eigenvalue weighted by Crippen LogP contribution is 2.41. The predicted molar refractivity (Wildman–Crippen MR) is 128 cm³/mol. The lowest BCUT2D eigenvalue weighted by molar-refractivity contribution is 0.127. The van der Waals surface area contributed by atoms with E-state index in [1.807, 2.05) is 36.5 Å². The van der Waals surface area contributed by atoms with Crippen molar-refractivity contribution < 1.29 is 9.53 Å². The van der Waals surface area contributed by atoms with Crippen molar-refractivity contribution in [2.24, 2.45) is 0 Å². The van der Waals surface area contributed by atoms with Crippen LogP contribution in [0.4, 0.5) is 4.79 Å². The Hall–Kier alpha value is -3.86. The van der Waals surface area contributed by atoms with Gasteiger partial charge in [0.1, 0.15) is 11.6 Å². The lowest BCUT2D eigenvalue weighted by Crippen LogP contribution is -2.47. The van der Waals surface area contributed by atoms with Crippen molar-refractivity contribution in [1.82, 2.24) is 14.5 Å². The minimum atomic E-state index is -0.296. The summed E-state index contributed by atoms with van der Waals surface area (Å²) in [6.07, 6.45) is 5.22. The van der Waals surface area contributed by atoms with Crippen molar-refractivity contribution in [2.45, 2.75) is 24.8 Å². The molecule has 0 unspecified atom stereocenters. The van der Waals surface area contributed by atoms with Crippen LogP contribution in [0.2, 0.25) is 0 Å². The number of benzene rings is 3. The zero-order chi connectivity index (χ0) is 22.5. The van der Waals surface area contributed by atoms with E-state index in [1.54, 1.807) is 17.0 Å².